The molecule has 84 valence electrons. The minimum atomic E-state index is 0.186. The number of hydrogen-bond donors (Lipinski definition) is 2. The number of rotatable bonds is 5. The Morgan fingerprint density at radius 3 is 3.00 bits per heavy atom. The number of aromatic nitrogens is 1. The molecule has 3 N–H and O–H groups in total. The van der Waals surface area contributed by atoms with E-state index in [1.54, 1.807) is 11.3 Å². The Morgan fingerprint density at radius 2 is 2.47 bits per heavy atom. The lowest BCUT2D eigenvalue weighted by Crippen LogP contribution is -2.34. The van der Waals surface area contributed by atoms with Crippen molar-refractivity contribution >= 4 is 17.3 Å². The Balaban J connectivity index is 2.54. The summed E-state index contributed by atoms with van der Waals surface area (Å²) in [4.78, 5) is 8.47. The van der Waals surface area contributed by atoms with Gasteiger partial charge in [-0.25, -0.2) is 4.98 Å². The highest BCUT2D eigenvalue weighted by Gasteiger charge is 2.11. The van der Waals surface area contributed by atoms with Crippen molar-refractivity contribution in [1.29, 1.82) is 0 Å². The second kappa shape index (κ2) is 6.40. The zero-order valence-corrected chi connectivity index (χ0v) is 10.0. The molecule has 4 nitrogen and oxygen atoms in total. The van der Waals surface area contributed by atoms with Crippen molar-refractivity contribution in [2.24, 2.45) is 10.7 Å². The minimum Gasteiger partial charge on any atom is -0.370 e. The van der Waals surface area contributed by atoms with Crippen molar-refractivity contribution in [2.45, 2.75) is 32.7 Å². The van der Waals surface area contributed by atoms with Gasteiger partial charge in [-0.15, -0.1) is 11.3 Å². The molecule has 0 aliphatic carbocycles. The van der Waals surface area contributed by atoms with Crippen LogP contribution in [-0.4, -0.2) is 17.5 Å². The highest BCUT2D eigenvalue weighted by molar-refractivity contribution is 7.09. The first-order chi connectivity index (χ1) is 7.27. The molecule has 0 aromatic carbocycles. The van der Waals surface area contributed by atoms with Crippen molar-refractivity contribution < 1.29 is 0 Å². The maximum atomic E-state index is 5.76. The molecule has 0 aliphatic rings. The molecule has 0 amide bonds. The molecule has 5 heteroatoms. The van der Waals surface area contributed by atoms with E-state index in [9.17, 15) is 0 Å². The molecule has 0 saturated carbocycles. The van der Waals surface area contributed by atoms with Crippen LogP contribution in [0.5, 0.6) is 0 Å². The van der Waals surface area contributed by atoms with E-state index >= 15 is 0 Å². The lowest BCUT2D eigenvalue weighted by atomic mass is 10.2. The van der Waals surface area contributed by atoms with Crippen molar-refractivity contribution in [2.75, 3.05) is 6.54 Å². The van der Waals surface area contributed by atoms with Gasteiger partial charge in [-0.1, -0.05) is 13.8 Å². The van der Waals surface area contributed by atoms with Crippen LogP contribution in [0.4, 0.5) is 0 Å². The second-order valence-electron chi connectivity index (χ2n) is 3.24. The summed E-state index contributed by atoms with van der Waals surface area (Å²) in [5, 5.41) is 6.21. The molecule has 1 aromatic heterocycles. The topological polar surface area (TPSA) is 63.3 Å². The van der Waals surface area contributed by atoms with Crippen LogP contribution in [0, 0.1) is 0 Å². The maximum absolute atomic E-state index is 5.76. The number of nitrogens with zero attached hydrogens (tertiary/aromatic N) is 2. The van der Waals surface area contributed by atoms with E-state index < -0.39 is 0 Å². The molecule has 0 saturated heterocycles. The smallest absolute Gasteiger partial charge is 0.189 e. The third kappa shape index (κ3) is 3.87. The van der Waals surface area contributed by atoms with E-state index in [1.807, 2.05) is 11.6 Å². The molecule has 1 rings (SSSR count). The molecule has 0 fully saturated rings. The standard InChI is InChI=1S/C10H18N4S/c1-3-5-13-10(11)14-8(4-2)9-12-6-7-15-9/h6-8H,3-5H2,1-2H3,(H3,11,13,14). The van der Waals surface area contributed by atoms with E-state index in [-0.39, 0.29) is 6.04 Å². The zero-order chi connectivity index (χ0) is 11.1. The van der Waals surface area contributed by atoms with Gasteiger partial charge in [0.15, 0.2) is 5.96 Å². The van der Waals surface area contributed by atoms with E-state index in [2.05, 4.69) is 29.1 Å². The fourth-order valence-corrected chi connectivity index (χ4v) is 1.97. The lowest BCUT2D eigenvalue weighted by molar-refractivity contribution is 0.615. The van der Waals surface area contributed by atoms with E-state index in [0.29, 0.717) is 5.96 Å². The first-order valence-corrected chi connectivity index (χ1v) is 6.11. The molecular weight excluding hydrogens is 208 g/mol. The van der Waals surface area contributed by atoms with Crippen LogP contribution < -0.4 is 11.1 Å². The molecule has 15 heavy (non-hydrogen) atoms. The van der Waals surface area contributed by atoms with Crippen LogP contribution in [0.15, 0.2) is 16.6 Å². The quantitative estimate of drug-likeness (QED) is 0.595. The number of nitrogens with one attached hydrogen (secondary N) is 1. The van der Waals surface area contributed by atoms with Crippen molar-refractivity contribution in [3.05, 3.63) is 16.6 Å². The first-order valence-electron chi connectivity index (χ1n) is 5.23. The summed E-state index contributed by atoms with van der Waals surface area (Å²) in [6.07, 6.45) is 3.77. The fourth-order valence-electron chi connectivity index (χ4n) is 1.20. The SMILES string of the molecule is CCCN=C(N)NC(CC)c1nccs1. The van der Waals surface area contributed by atoms with Crippen molar-refractivity contribution in [3.63, 3.8) is 0 Å². The Bertz CT molecular complexity index is 294. The minimum absolute atomic E-state index is 0.186. The Labute approximate surface area is 94.6 Å². The summed E-state index contributed by atoms with van der Waals surface area (Å²) in [6.45, 7) is 4.95. The van der Waals surface area contributed by atoms with E-state index in [4.69, 9.17) is 5.73 Å². The monoisotopic (exact) mass is 226 g/mol. The summed E-state index contributed by atoms with van der Waals surface area (Å²) in [6, 6.07) is 0.186. The summed E-state index contributed by atoms with van der Waals surface area (Å²) in [5.74, 6) is 0.513. The molecule has 1 aromatic rings. The van der Waals surface area contributed by atoms with Gasteiger partial charge in [0, 0.05) is 18.1 Å². The summed E-state index contributed by atoms with van der Waals surface area (Å²) >= 11 is 1.64. The largest absolute Gasteiger partial charge is 0.370 e. The molecule has 0 bridgehead atoms. The number of nitrogens with two attached hydrogens (primary N) is 1. The van der Waals surface area contributed by atoms with Gasteiger partial charge in [0.05, 0.1) is 6.04 Å². The average molecular weight is 226 g/mol. The predicted molar refractivity (Wildman–Crippen MR) is 65.1 cm³/mol. The number of thiazole rings is 1. The van der Waals surface area contributed by atoms with E-state index in [0.717, 1.165) is 24.4 Å². The molecule has 0 spiro atoms. The third-order valence-corrected chi connectivity index (χ3v) is 2.87. The second-order valence-corrected chi connectivity index (χ2v) is 4.17. The number of aliphatic imine (C=N–C) groups is 1. The third-order valence-electron chi connectivity index (χ3n) is 1.99. The molecule has 1 atom stereocenters. The first kappa shape index (κ1) is 12.0. The van der Waals surface area contributed by atoms with Gasteiger partial charge in [-0.3, -0.25) is 4.99 Å². The molecule has 0 radical (unpaired) electrons. The van der Waals surface area contributed by atoms with Gasteiger partial charge in [0.25, 0.3) is 0 Å². The van der Waals surface area contributed by atoms with Gasteiger partial charge in [-0.2, -0.15) is 0 Å². The molecule has 1 unspecified atom stereocenters. The number of guanidine groups is 1. The highest BCUT2D eigenvalue weighted by Crippen LogP contribution is 2.18. The maximum Gasteiger partial charge on any atom is 0.189 e. The van der Waals surface area contributed by atoms with Crippen LogP contribution in [0.3, 0.4) is 0 Å². The molecule has 0 aliphatic heterocycles. The summed E-state index contributed by atoms with van der Waals surface area (Å²) < 4.78 is 0. The number of hydrogen-bond acceptors (Lipinski definition) is 3. The van der Waals surface area contributed by atoms with Crippen LogP contribution in [0.1, 0.15) is 37.7 Å². The normalized spacial score (nSPS) is 13.9. The Morgan fingerprint density at radius 1 is 1.67 bits per heavy atom. The summed E-state index contributed by atoms with van der Waals surface area (Å²) in [7, 11) is 0. The molecular formula is C10H18N4S. The van der Waals surface area contributed by atoms with Gasteiger partial charge in [0.2, 0.25) is 0 Å². The van der Waals surface area contributed by atoms with Crippen molar-refractivity contribution in [1.82, 2.24) is 10.3 Å². The van der Waals surface area contributed by atoms with Crippen LogP contribution in [-0.2, 0) is 0 Å². The van der Waals surface area contributed by atoms with Crippen molar-refractivity contribution in [3.8, 4) is 0 Å². The highest BCUT2D eigenvalue weighted by atomic mass is 32.1. The van der Waals surface area contributed by atoms with Gasteiger partial charge >= 0.3 is 0 Å². The fraction of sp³-hybridized carbons (Fsp3) is 0.600. The van der Waals surface area contributed by atoms with Crippen LogP contribution in [0.25, 0.3) is 0 Å². The lowest BCUT2D eigenvalue weighted by Gasteiger charge is -2.14. The van der Waals surface area contributed by atoms with E-state index in [1.165, 1.54) is 0 Å². The van der Waals surface area contributed by atoms with Gasteiger partial charge in [0.1, 0.15) is 5.01 Å². The van der Waals surface area contributed by atoms with Gasteiger partial charge < -0.3 is 11.1 Å². The average Bonchev–Trinajstić information content (AvgIpc) is 2.76. The Kier molecular flexibility index (Phi) is 5.10. The zero-order valence-electron chi connectivity index (χ0n) is 9.23. The predicted octanol–water partition coefficient (Wildman–Crippen LogP) is 1.91. The van der Waals surface area contributed by atoms with Crippen LogP contribution >= 0.6 is 11.3 Å². The summed E-state index contributed by atoms with van der Waals surface area (Å²) in [5.41, 5.74) is 5.76. The molecule has 1 heterocycles. The Hall–Kier alpha value is -1.10. The van der Waals surface area contributed by atoms with Gasteiger partial charge in [-0.05, 0) is 12.8 Å². The van der Waals surface area contributed by atoms with Crippen LogP contribution in [0.2, 0.25) is 0 Å².